The second-order valence-electron chi connectivity index (χ2n) is 5.11. The van der Waals surface area contributed by atoms with Crippen LogP contribution in [0.5, 0.6) is 5.75 Å². The van der Waals surface area contributed by atoms with Gasteiger partial charge in [-0.15, -0.1) is 0 Å². The van der Waals surface area contributed by atoms with E-state index in [9.17, 15) is 13.6 Å². The van der Waals surface area contributed by atoms with Crippen molar-refractivity contribution in [3.63, 3.8) is 0 Å². The van der Waals surface area contributed by atoms with Gasteiger partial charge in [-0.25, -0.2) is 0 Å². The van der Waals surface area contributed by atoms with Crippen molar-refractivity contribution in [2.75, 3.05) is 5.32 Å². The number of nitrogens with one attached hydrogen (secondary N) is 1. The lowest BCUT2D eigenvalue weighted by molar-refractivity contribution is -0.0501. The highest BCUT2D eigenvalue weighted by Gasteiger charge is 2.15. The normalized spacial score (nSPS) is 10.8. The van der Waals surface area contributed by atoms with Crippen molar-refractivity contribution in [1.29, 1.82) is 0 Å². The van der Waals surface area contributed by atoms with Crippen molar-refractivity contribution in [1.82, 2.24) is 0 Å². The number of amides is 1. The SMILES string of the molecule is CC(C)c1ccc(NC(=O)c2ccccc2OC(F)F)cc1. The van der Waals surface area contributed by atoms with Gasteiger partial charge in [0.2, 0.25) is 0 Å². The van der Waals surface area contributed by atoms with Crippen LogP contribution in [0.3, 0.4) is 0 Å². The minimum absolute atomic E-state index is 0.0655. The monoisotopic (exact) mass is 305 g/mol. The maximum absolute atomic E-state index is 12.4. The molecule has 5 heteroatoms. The molecule has 0 saturated carbocycles. The van der Waals surface area contributed by atoms with E-state index in [1.807, 2.05) is 12.1 Å². The molecule has 3 nitrogen and oxygen atoms in total. The van der Waals surface area contributed by atoms with Crippen molar-refractivity contribution in [2.45, 2.75) is 26.4 Å². The summed E-state index contributed by atoms with van der Waals surface area (Å²) in [5, 5.41) is 2.67. The molecule has 22 heavy (non-hydrogen) atoms. The van der Waals surface area contributed by atoms with Gasteiger partial charge in [-0.05, 0) is 35.7 Å². The van der Waals surface area contributed by atoms with Crippen molar-refractivity contribution >= 4 is 11.6 Å². The average Bonchev–Trinajstić information content (AvgIpc) is 2.47. The van der Waals surface area contributed by atoms with E-state index in [1.54, 1.807) is 18.2 Å². The van der Waals surface area contributed by atoms with Gasteiger partial charge in [-0.1, -0.05) is 38.1 Å². The quantitative estimate of drug-likeness (QED) is 0.872. The summed E-state index contributed by atoms with van der Waals surface area (Å²) >= 11 is 0. The molecule has 0 fully saturated rings. The van der Waals surface area contributed by atoms with Gasteiger partial charge in [0.1, 0.15) is 5.75 Å². The maximum Gasteiger partial charge on any atom is 0.387 e. The first-order chi connectivity index (χ1) is 10.5. The van der Waals surface area contributed by atoms with Crippen LogP contribution in [0.15, 0.2) is 48.5 Å². The van der Waals surface area contributed by atoms with E-state index in [-0.39, 0.29) is 11.3 Å². The number of hydrogen-bond acceptors (Lipinski definition) is 2. The highest BCUT2D eigenvalue weighted by molar-refractivity contribution is 6.06. The van der Waals surface area contributed by atoms with Crippen molar-refractivity contribution < 1.29 is 18.3 Å². The number of alkyl halides is 2. The standard InChI is InChI=1S/C17H17F2NO2/c1-11(2)12-7-9-13(10-8-12)20-16(21)14-5-3-4-6-15(14)22-17(18)19/h3-11,17H,1-2H3,(H,20,21). The molecule has 1 N–H and O–H groups in total. The Morgan fingerprint density at radius 2 is 1.68 bits per heavy atom. The summed E-state index contributed by atoms with van der Waals surface area (Å²) in [6.07, 6.45) is 0. The second-order valence-corrected chi connectivity index (χ2v) is 5.11. The Kier molecular flexibility index (Phi) is 5.09. The van der Waals surface area contributed by atoms with Gasteiger partial charge in [-0.3, -0.25) is 4.79 Å². The van der Waals surface area contributed by atoms with Crippen LogP contribution in [0.2, 0.25) is 0 Å². The summed E-state index contributed by atoms with van der Waals surface area (Å²) < 4.78 is 29.1. The van der Waals surface area contributed by atoms with Crippen molar-refractivity contribution in [3.05, 3.63) is 59.7 Å². The second kappa shape index (κ2) is 7.02. The predicted octanol–water partition coefficient (Wildman–Crippen LogP) is 4.66. The zero-order valence-corrected chi connectivity index (χ0v) is 12.3. The number of ether oxygens (including phenoxy) is 1. The summed E-state index contributed by atoms with van der Waals surface area (Å²) in [6, 6.07) is 13.3. The number of hydrogen-bond donors (Lipinski definition) is 1. The molecule has 0 aliphatic rings. The van der Waals surface area contributed by atoms with Crippen LogP contribution >= 0.6 is 0 Å². The number of benzene rings is 2. The molecule has 0 saturated heterocycles. The number of carbonyl (C=O) groups is 1. The summed E-state index contributed by atoms with van der Waals surface area (Å²) in [6.45, 7) is 1.18. The van der Waals surface area contributed by atoms with Crippen LogP contribution in [0.1, 0.15) is 35.7 Å². The molecule has 0 radical (unpaired) electrons. The third kappa shape index (κ3) is 4.04. The molecular formula is C17H17F2NO2. The number of para-hydroxylation sites is 1. The minimum atomic E-state index is -2.97. The molecule has 0 unspecified atom stereocenters. The van der Waals surface area contributed by atoms with Crippen LogP contribution in [0.25, 0.3) is 0 Å². The average molecular weight is 305 g/mol. The lowest BCUT2D eigenvalue weighted by Gasteiger charge is -2.11. The lowest BCUT2D eigenvalue weighted by atomic mass is 10.0. The summed E-state index contributed by atoms with van der Waals surface area (Å²) in [4.78, 5) is 12.2. The van der Waals surface area contributed by atoms with E-state index < -0.39 is 12.5 Å². The van der Waals surface area contributed by atoms with Crippen molar-refractivity contribution in [2.24, 2.45) is 0 Å². The molecule has 2 aromatic rings. The van der Waals surface area contributed by atoms with Crippen LogP contribution in [-0.2, 0) is 0 Å². The molecule has 0 aliphatic carbocycles. The Bertz CT molecular complexity index is 639. The first-order valence-corrected chi connectivity index (χ1v) is 6.92. The maximum atomic E-state index is 12.4. The van der Waals surface area contributed by atoms with Crippen LogP contribution < -0.4 is 10.1 Å². The predicted molar refractivity (Wildman–Crippen MR) is 81.6 cm³/mol. The summed E-state index contributed by atoms with van der Waals surface area (Å²) in [7, 11) is 0. The molecular weight excluding hydrogens is 288 g/mol. The molecule has 0 heterocycles. The Morgan fingerprint density at radius 3 is 2.27 bits per heavy atom. The summed E-state index contributed by atoms with van der Waals surface area (Å²) in [5.74, 6) is -0.243. The fourth-order valence-corrected chi connectivity index (χ4v) is 2.00. The smallest absolute Gasteiger partial charge is 0.387 e. The zero-order valence-electron chi connectivity index (χ0n) is 12.3. The molecule has 0 aliphatic heterocycles. The Hall–Kier alpha value is -2.43. The fraction of sp³-hybridized carbons (Fsp3) is 0.235. The molecule has 1 amide bonds. The largest absolute Gasteiger partial charge is 0.434 e. The highest BCUT2D eigenvalue weighted by Crippen LogP contribution is 2.22. The molecule has 0 bridgehead atoms. The molecule has 0 aromatic heterocycles. The first kappa shape index (κ1) is 15.9. The first-order valence-electron chi connectivity index (χ1n) is 6.92. The van der Waals surface area contributed by atoms with Crippen LogP contribution in [0, 0.1) is 0 Å². The fourth-order valence-electron chi connectivity index (χ4n) is 2.00. The highest BCUT2D eigenvalue weighted by atomic mass is 19.3. The zero-order chi connectivity index (χ0) is 16.1. The molecule has 116 valence electrons. The van der Waals surface area contributed by atoms with Gasteiger partial charge in [0.25, 0.3) is 5.91 Å². The Balaban J connectivity index is 2.15. The van der Waals surface area contributed by atoms with E-state index in [0.29, 0.717) is 11.6 Å². The number of carbonyl (C=O) groups excluding carboxylic acids is 1. The van der Waals surface area contributed by atoms with E-state index >= 15 is 0 Å². The van der Waals surface area contributed by atoms with E-state index in [4.69, 9.17) is 0 Å². The Labute approximate surface area is 127 Å². The van der Waals surface area contributed by atoms with Gasteiger partial charge in [0, 0.05) is 5.69 Å². The van der Waals surface area contributed by atoms with E-state index in [1.165, 1.54) is 18.2 Å². The van der Waals surface area contributed by atoms with Gasteiger partial charge in [0.05, 0.1) is 5.56 Å². The Morgan fingerprint density at radius 1 is 1.05 bits per heavy atom. The number of halogens is 2. The van der Waals surface area contributed by atoms with Crippen molar-refractivity contribution in [3.8, 4) is 5.75 Å². The molecule has 0 atom stereocenters. The number of rotatable bonds is 5. The molecule has 0 spiro atoms. The minimum Gasteiger partial charge on any atom is -0.434 e. The van der Waals surface area contributed by atoms with Gasteiger partial charge in [0.15, 0.2) is 0 Å². The third-order valence-electron chi connectivity index (χ3n) is 3.18. The van der Waals surface area contributed by atoms with Gasteiger partial charge >= 0.3 is 6.61 Å². The van der Waals surface area contributed by atoms with Gasteiger partial charge in [-0.2, -0.15) is 8.78 Å². The van der Waals surface area contributed by atoms with Crippen LogP contribution in [-0.4, -0.2) is 12.5 Å². The summed E-state index contributed by atoms with van der Waals surface area (Å²) in [5.41, 5.74) is 1.82. The van der Waals surface area contributed by atoms with Crippen LogP contribution in [0.4, 0.5) is 14.5 Å². The van der Waals surface area contributed by atoms with E-state index in [2.05, 4.69) is 23.9 Å². The molecule has 2 aromatic carbocycles. The third-order valence-corrected chi connectivity index (χ3v) is 3.18. The molecule has 2 rings (SSSR count). The van der Waals surface area contributed by atoms with Gasteiger partial charge < -0.3 is 10.1 Å². The lowest BCUT2D eigenvalue weighted by Crippen LogP contribution is -2.15. The topological polar surface area (TPSA) is 38.3 Å². The van der Waals surface area contributed by atoms with E-state index in [0.717, 1.165) is 5.56 Å². The number of anilines is 1.